The summed E-state index contributed by atoms with van der Waals surface area (Å²) in [6, 6.07) is 19.5. The summed E-state index contributed by atoms with van der Waals surface area (Å²) in [5.74, 6) is 1.06. The summed E-state index contributed by atoms with van der Waals surface area (Å²) in [7, 11) is 1.66. The molecular weight excluding hydrogens is 458 g/mol. The van der Waals surface area contributed by atoms with E-state index in [1.165, 1.54) is 11.6 Å². The van der Waals surface area contributed by atoms with Crippen molar-refractivity contribution < 1.29 is 19.4 Å². The van der Waals surface area contributed by atoms with E-state index in [2.05, 4.69) is 17.1 Å². The van der Waals surface area contributed by atoms with Crippen LogP contribution in [0.3, 0.4) is 0 Å². The summed E-state index contributed by atoms with van der Waals surface area (Å²) in [6.07, 6.45) is 5.37. The number of rotatable bonds is 12. The van der Waals surface area contributed by atoms with Gasteiger partial charge in [0, 0.05) is 21.7 Å². The third-order valence-corrected chi connectivity index (χ3v) is 6.10. The molecule has 0 saturated heterocycles. The van der Waals surface area contributed by atoms with Crippen molar-refractivity contribution in [3.8, 4) is 11.5 Å². The number of carboxylic acid groups (broad SMARTS) is 1. The summed E-state index contributed by atoms with van der Waals surface area (Å²) in [6.45, 7) is 0.532. The van der Waals surface area contributed by atoms with Crippen molar-refractivity contribution in [1.82, 2.24) is 4.98 Å². The lowest BCUT2D eigenvalue weighted by atomic mass is 10.1. The number of aromatic nitrogens is 1. The van der Waals surface area contributed by atoms with Gasteiger partial charge in [-0.15, -0.1) is 11.8 Å². The van der Waals surface area contributed by atoms with Gasteiger partial charge in [-0.1, -0.05) is 23.7 Å². The Morgan fingerprint density at radius 3 is 2.52 bits per heavy atom. The molecule has 2 aromatic carbocycles. The standard InChI is InChI=1S/C26H26ClNO4S/c1-31-22-10-5-19(6-11-22)4-2-3-17-32-25-15-9-21(28-24(25)14-16-26(29)30)18-33-23-12-7-20(27)8-13-23/h5-16H,2-4,17-18H2,1H3,(H,29,30)/b16-14+. The van der Waals surface area contributed by atoms with Gasteiger partial charge in [-0.25, -0.2) is 9.78 Å². The van der Waals surface area contributed by atoms with E-state index in [-0.39, 0.29) is 0 Å². The lowest BCUT2D eigenvalue weighted by Crippen LogP contribution is -2.02. The van der Waals surface area contributed by atoms with Crippen LogP contribution in [0.1, 0.15) is 29.8 Å². The molecule has 1 aromatic heterocycles. The number of methoxy groups -OCH3 is 1. The van der Waals surface area contributed by atoms with E-state index in [1.807, 2.05) is 48.5 Å². The van der Waals surface area contributed by atoms with Crippen molar-refractivity contribution in [2.24, 2.45) is 0 Å². The van der Waals surface area contributed by atoms with E-state index >= 15 is 0 Å². The Morgan fingerprint density at radius 1 is 1.06 bits per heavy atom. The number of pyridine rings is 1. The molecule has 0 amide bonds. The van der Waals surface area contributed by atoms with E-state index in [9.17, 15) is 4.79 Å². The highest BCUT2D eigenvalue weighted by Gasteiger charge is 2.07. The first-order chi connectivity index (χ1) is 16.0. The number of ether oxygens (including phenoxy) is 2. The Balaban J connectivity index is 1.55. The van der Waals surface area contributed by atoms with Crippen LogP contribution in [0, 0.1) is 0 Å². The molecule has 7 heteroatoms. The molecule has 0 aliphatic carbocycles. The largest absolute Gasteiger partial charge is 0.497 e. The molecule has 0 aliphatic heterocycles. The van der Waals surface area contributed by atoms with Crippen molar-refractivity contribution in [2.75, 3.05) is 13.7 Å². The lowest BCUT2D eigenvalue weighted by Gasteiger charge is -2.11. The van der Waals surface area contributed by atoms with Gasteiger partial charge in [0.2, 0.25) is 0 Å². The topological polar surface area (TPSA) is 68.7 Å². The quantitative estimate of drug-likeness (QED) is 0.179. The molecule has 172 valence electrons. The molecule has 3 aromatic rings. The number of carbonyl (C=O) groups is 1. The second-order valence-electron chi connectivity index (χ2n) is 7.25. The average Bonchev–Trinajstić information content (AvgIpc) is 2.83. The zero-order valence-corrected chi connectivity index (χ0v) is 19.9. The van der Waals surface area contributed by atoms with Crippen LogP contribution in [0.4, 0.5) is 0 Å². The molecule has 0 bridgehead atoms. The minimum Gasteiger partial charge on any atom is -0.497 e. The number of thioether (sulfide) groups is 1. The highest BCUT2D eigenvalue weighted by atomic mass is 35.5. The number of aryl methyl sites for hydroxylation is 1. The first-order valence-electron chi connectivity index (χ1n) is 10.6. The van der Waals surface area contributed by atoms with Crippen LogP contribution in [0.25, 0.3) is 6.08 Å². The van der Waals surface area contributed by atoms with Crippen LogP contribution < -0.4 is 9.47 Å². The van der Waals surface area contributed by atoms with Crippen LogP contribution in [-0.4, -0.2) is 29.8 Å². The van der Waals surface area contributed by atoms with Gasteiger partial charge in [-0.2, -0.15) is 0 Å². The maximum Gasteiger partial charge on any atom is 0.328 e. The van der Waals surface area contributed by atoms with Crippen molar-refractivity contribution in [3.63, 3.8) is 0 Å². The Kier molecular flexibility index (Phi) is 9.66. The van der Waals surface area contributed by atoms with Gasteiger partial charge < -0.3 is 14.6 Å². The molecule has 0 saturated carbocycles. The monoisotopic (exact) mass is 483 g/mol. The molecular formula is C26H26ClNO4S. The highest BCUT2D eigenvalue weighted by Crippen LogP contribution is 2.26. The summed E-state index contributed by atoms with van der Waals surface area (Å²) in [4.78, 5) is 16.7. The number of aliphatic carboxylic acids is 1. The van der Waals surface area contributed by atoms with Gasteiger partial charge in [-0.3, -0.25) is 0 Å². The molecule has 5 nitrogen and oxygen atoms in total. The molecule has 1 heterocycles. The van der Waals surface area contributed by atoms with Gasteiger partial charge in [-0.05, 0) is 79.4 Å². The SMILES string of the molecule is COc1ccc(CCCCOc2ccc(CSc3ccc(Cl)cc3)nc2/C=C/C(=O)O)cc1. The highest BCUT2D eigenvalue weighted by molar-refractivity contribution is 7.98. The Labute approximate surface area is 203 Å². The number of hydrogen-bond donors (Lipinski definition) is 1. The van der Waals surface area contributed by atoms with Crippen LogP contribution in [0.15, 0.2) is 71.6 Å². The summed E-state index contributed by atoms with van der Waals surface area (Å²) in [5, 5.41) is 9.72. The number of carboxylic acids is 1. The van der Waals surface area contributed by atoms with E-state index in [1.54, 1.807) is 18.9 Å². The summed E-state index contributed by atoms with van der Waals surface area (Å²) < 4.78 is 11.1. The Morgan fingerprint density at radius 2 is 1.82 bits per heavy atom. The molecule has 0 aliphatic rings. The molecule has 0 unspecified atom stereocenters. The van der Waals surface area contributed by atoms with Crippen molar-refractivity contribution in [1.29, 1.82) is 0 Å². The van der Waals surface area contributed by atoms with Crippen LogP contribution in [0.2, 0.25) is 5.02 Å². The second kappa shape index (κ2) is 12.9. The molecule has 33 heavy (non-hydrogen) atoms. The predicted octanol–water partition coefficient (Wildman–Crippen LogP) is 6.54. The van der Waals surface area contributed by atoms with E-state index in [0.29, 0.717) is 28.8 Å². The first-order valence-corrected chi connectivity index (χ1v) is 11.9. The smallest absolute Gasteiger partial charge is 0.328 e. The van der Waals surface area contributed by atoms with Gasteiger partial charge in [0.25, 0.3) is 0 Å². The maximum atomic E-state index is 11.0. The molecule has 0 radical (unpaired) electrons. The second-order valence-corrected chi connectivity index (χ2v) is 8.74. The predicted molar refractivity (Wildman–Crippen MR) is 133 cm³/mol. The van der Waals surface area contributed by atoms with E-state index < -0.39 is 5.97 Å². The van der Waals surface area contributed by atoms with Crippen molar-refractivity contribution >= 4 is 35.4 Å². The van der Waals surface area contributed by atoms with Gasteiger partial charge in [0.15, 0.2) is 0 Å². The van der Waals surface area contributed by atoms with E-state index in [4.69, 9.17) is 26.2 Å². The van der Waals surface area contributed by atoms with Crippen LogP contribution in [0.5, 0.6) is 11.5 Å². The van der Waals surface area contributed by atoms with Crippen LogP contribution >= 0.6 is 23.4 Å². The zero-order valence-electron chi connectivity index (χ0n) is 18.4. The minimum absolute atomic E-state index is 0.516. The molecule has 0 spiro atoms. The Hall–Kier alpha value is -2.96. The average molecular weight is 484 g/mol. The fourth-order valence-electron chi connectivity index (χ4n) is 3.07. The summed E-state index contributed by atoms with van der Waals surface area (Å²) in [5.41, 5.74) is 2.61. The number of hydrogen-bond acceptors (Lipinski definition) is 5. The molecule has 0 fully saturated rings. The maximum absolute atomic E-state index is 11.0. The van der Waals surface area contributed by atoms with Gasteiger partial charge in [0.1, 0.15) is 17.2 Å². The number of halogens is 1. The van der Waals surface area contributed by atoms with Gasteiger partial charge >= 0.3 is 5.97 Å². The van der Waals surface area contributed by atoms with Crippen molar-refractivity contribution in [3.05, 3.63) is 88.7 Å². The van der Waals surface area contributed by atoms with Crippen LogP contribution in [-0.2, 0) is 17.0 Å². The fraction of sp³-hybridized carbons (Fsp3) is 0.231. The Bertz CT molecular complexity index is 1070. The normalized spacial score (nSPS) is 11.0. The van der Waals surface area contributed by atoms with E-state index in [0.717, 1.165) is 41.7 Å². The zero-order chi connectivity index (χ0) is 23.5. The minimum atomic E-state index is -1.02. The third kappa shape index (κ3) is 8.48. The number of unbranched alkanes of at least 4 members (excludes halogenated alkanes) is 1. The third-order valence-electron chi connectivity index (χ3n) is 4.80. The number of benzene rings is 2. The number of nitrogens with zero attached hydrogens (tertiary/aromatic N) is 1. The fourth-order valence-corrected chi connectivity index (χ4v) is 4.00. The molecule has 3 rings (SSSR count). The molecule has 1 N–H and O–H groups in total. The van der Waals surface area contributed by atoms with Crippen molar-refractivity contribution in [2.45, 2.75) is 29.9 Å². The molecule has 0 atom stereocenters. The lowest BCUT2D eigenvalue weighted by molar-refractivity contribution is -0.131. The summed E-state index contributed by atoms with van der Waals surface area (Å²) >= 11 is 7.57. The van der Waals surface area contributed by atoms with Gasteiger partial charge in [0.05, 0.1) is 19.4 Å². The first kappa shape index (κ1) is 24.7.